The van der Waals surface area contributed by atoms with Gasteiger partial charge in [-0.3, -0.25) is 4.79 Å². The molecule has 0 saturated heterocycles. The third-order valence-corrected chi connectivity index (χ3v) is 4.40. The van der Waals surface area contributed by atoms with Crippen LogP contribution in [0.5, 0.6) is 11.5 Å². The molecule has 4 nitrogen and oxygen atoms in total. The molecule has 136 valence electrons. The number of phenols is 1. The number of Topliss-reactive ketones (excluding diaryl/α,β-unsaturated/α-hetero) is 1. The standard InChI is InChI=1S/C22H25NO3/c1-13-10-15(11-14(2)19(13)24)21-17(12-23-22(3,4)5)20(25)16-8-6-7-9-18(16)26-21/h6-12,21,23-24H,1-5H3/b17-12+. The van der Waals surface area contributed by atoms with Gasteiger partial charge in [0.15, 0.2) is 11.9 Å². The Hall–Kier alpha value is -2.75. The number of nitrogens with one attached hydrogen (secondary N) is 1. The second-order valence-corrected chi connectivity index (χ2v) is 7.82. The van der Waals surface area contributed by atoms with Crippen LogP contribution in [0.2, 0.25) is 0 Å². The van der Waals surface area contributed by atoms with Crippen molar-refractivity contribution in [3.63, 3.8) is 0 Å². The normalized spacial score (nSPS) is 18.4. The maximum atomic E-state index is 13.1. The van der Waals surface area contributed by atoms with E-state index in [9.17, 15) is 9.90 Å². The van der Waals surface area contributed by atoms with Gasteiger partial charge >= 0.3 is 0 Å². The molecule has 0 amide bonds. The minimum Gasteiger partial charge on any atom is -0.507 e. The number of aryl methyl sites for hydroxylation is 2. The molecule has 0 spiro atoms. The van der Waals surface area contributed by atoms with Gasteiger partial charge in [-0.15, -0.1) is 0 Å². The quantitative estimate of drug-likeness (QED) is 0.777. The molecule has 2 N–H and O–H groups in total. The summed E-state index contributed by atoms with van der Waals surface area (Å²) in [7, 11) is 0. The second kappa shape index (κ2) is 6.52. The largest absolute Gasteiger partial charge is 0.507 e. The summed E-state index contributed by atoms with van der Waals surface area (Å²) in [5.41, 5.74) is 3.33. The lowest BCUT2D eigenvalue weighted by Crippen LogP contribution is -2.34. The van der Waals surface area contributed by atoms with Crippen molar-refractivity contribution in [3.05, 3.63) is 70.4 Å². The number of ketones is 1. The Balaban J connectivity index is 2.13. The molecule has 0 aromatic heterocycles. The highest BCUT2D eigenvalue weighted by molar-refractivity contribution is 6.12. The molecule has 2 aromatic rings. The number of carbonyl (C=O) groups excluding carboxylic acids is 1. The molecule has 1 unspecified atom stereocenters. The lowest BCUT2D eigenvalue weighted by Gasteiger charge is -2.30. The fourth-order valence-electron chi connectivity index (χ4n) is 3.05. The lowest BCUT2D eigenvalue weighted by atomic mass is 9.90. The van der Waals surface area contributed by atoms with Crippen molar-refractivity contribution < 1.29 is 14.6 Å². The Morgan fingerprint density at radius 1 is 1.12 bits per heavy atom. The zero-order valence-electron chi connectivity index (χ0n) is 15.9. The van der Waals surface area contributed by atoms with Gasteiger partial charge in [-0.2, -0.15) is 0 Å². The van der Waals surface area contributed by atoms with E-state index in [1.165, 1.54) is 0 Å². The van der Waals surface area contributed by atoms with Crippen LogP contribution < -0.4 is 10.1 Å². The smallest absolute Gasteiger partial charge is 0.198 e. The number of ether oxygens (including phenoxy) is 1. The van der Waals surface area contributed by atoms with Crippen LogP contribution in [-0.2, 0) is 0 Å². The van der Waals surface area contributed by atoms with Crippen molar-refractivity contribution in [2.45, 2.75) is 46.3 Å². The summed E-state index contributed by atoms with van der Waals surface area (Å²) in [5, 5.41) is 13.4. The molecule has 4 heteroatoms. The fourth-order valence-corrected chi connectivity index (χ4v) is 3.05. The molecule has 0 fully saturated rings. The number of aromatic hydroxyl groups is 1. The third-order valence-electron chi connectivity index (χ3n) is 4.40. The number of rotatable bonds is 2. The van der Waals surface area contributed by atoms with E-state index < -0.39 is 6.10 Å². The van der Waals surface area contributed by atoms with Crippen molar-refractivity contribution in [3.8, 4) is 11.5 Å². The van der Waals surface area contributed by atoms with Gasteiger partial charge in [-0.05, 0) is 75.6 Å². The molecule has 3 rings (SSSR count). The minimum atomic E-state index is -0.523. The number of para-hydroxylation sites is 1. The van der Waals surface area contributed by atoms with Crippen LogP contribution >= 0.6 is 0 Å². The van der Waals surface area contributed by atoms with Gasteiger partial charge < -0.3 is 15.2 Å². The van der Waals surface area contributed by atoms with Crippen molar-refractivity contribution in [2.75, 3.05) is 0 Å². The van der Waals surface area contributed by atoms with Crippen LogP contribution in [-0.4, -0.2) is 16.4 Å². The van der Waals surface area contributed by atoms with Crippen molar-refractivity contribution in [1.82, 2.24) is 5.32 Å². The summed E-state index contributed by atoms with van der Waals surface area (Å²) < 4.78 is 6.21. The predicted octanol–water partition coefficient (Wildman–Crippen LogP) is 4.60. The molecular weight excluding hydrogens is 326 g/mol. The van der Waals surface area contributed by atoms with Crippen LogP contribution in [0, 0.1) is 13.8 Å². The summed E-state index contributed by atoms with van der Waals surface area (Å²) in [6.45, 7) is 9.81. The summed E-state index contributed by atoms with van der Waals surface area (Å²) >= 11 is 0. The van der Waals surface area contributed by atoms with Crippen LogP contribution in [0.3, 0.4) is 0 Å². The summed E-state index contributed by atoms with van der Waals surface area (Å²) in [4.78, 5) is 13.1. The molecule has 1 atom stereocenters. The Morgan fingerprint density at radius 3 is 2.35 bits per heavy atom. The van der Waals surface area contributed by atoms with Crippen molar-refractivity contribution in [1.29, 1.82) is 0 Å². The van der Waals surface area contributed by atoms with Gasteiger partial charge in [0.25, 0.3) is 0 Å². The number of hydrogen-bond donors (Lipinski definition) is 2. The van der Waals surface area contributed by atoms with Crippen LogP contribution in [0.25, 0.3) is 0 Å². The lowest BCUT2D eigenvalue weighted by molar-refractivity contribution is 0.0959. The minimum absolute atomic E-state index is 0.0445. The molecular formula is C22H25NO3. The zero-order valence-corrected chi connectivity index (χ0v) is 15.9. The van der Waals surface area contributed by atoms with Crippen LogP contribution in [0.4, 0.5) is 0 Å². The highest BCUT2D eigenvalue weighted by Gasteiger charge is 2.33. The van der Waals surface area contributed by atoms with E-state index in [-0.39, 0.29) is 17.1 Å². The van der Waals surface area contributed by atoms with E-state index in [1.807, 2.05) is 65.0 Å². The summed E-state index contributed by atoms with van der Waals surface area (Å²) in [6, 6.07) is 11.0. The first kappa shape index (κ1) is 18.1. The number of hydrogen-bond acceptors (Lipinski definition) is 4. The zero-order chi connectivity index (χ0) is 19.1. The van der Waals surface area contributed by atoms with Crippen molar-refractivity contribution in [2.24, 2.45) is 0 Å². The van der Waals surface area contributed by atoms with Gasteiger partial charge in [0, 0.05) is 11.7 Å². The number of benzene rings is 2. The molecule has 2 aromatic carbocycles. The number of fused-ring (bicyclic) bond motifs is 1. The van der Waals surface area contributed by atoms with E-state index in [1.54, 1.807) is 12.3 Å². The average Bonchev–Trinajstić information content (AvgIpc) is 2.57. The highest BCUT2D eigenvalue weighted by atomic mass is 16.5. The maximum Gasteiger partial charge on any atom is 0.198 e. The Bertz CT molecular complexity index is 867. The predicted molar refractivity (Wildman–Crippen MR) is 103 cm³/mol. The molecule has 1 aliphatic rings. The first-order valence-electron chi connectivity index (χ1n) is 8.75. The van der Waals surface area contributed by atoms with Gasteiger partial charge in [-0.1, -0.05) is 12.1 Å². The molecule has 0 aliphatic carbocycles. The van der Waals surface area contributed by atoms with E-state index in [0.29, 0.717) is 16.9 Å². The Morgan fingerprint density at radius 2 is 1.73 bits per heavy atom. The molecule has 0 bridgehead atoms. The van der Waals surface area contributed by atoms with Crippen LogP contribution in [0.15, 0.2) is 48.2 Å². The summed E-state index contributed by atoms with van der Waals surface area (Å²) in [6.07, 6.45) is 1.24. The van der Waals surface area contributed by atoms with E-state index in [2.05, 4.69) is 5.32 Å². The average molecular weight is 351 g/mol. The second-order valence-electron chi connectivity index (χ2n) is 7.82. The van der Waals surface area contributed by atoms with E-state index in [0.717, 1.165) is 16.7 Å². The molecule has 1 heterocycles. The van der Waals surface area contributed by atoms with Gasteiger partial charge in [-0.25, -0.2) is 0 Å². The maximum absolute atomic E-state index is 13.1. The molecule has 1 aliphatic heterocycles. The van der Waals surface area contributed by atoms with Gasteiger partial charge in [0.2, 0.25) is 0 Å². The fraction of sp³-hybridized carbons (Fsp3) is 0.318. The molecule has 0 saturated carbocycles. The summed E-state index contributed by atoms with van der Waals surface area (Å²) in [5.74, 6) is 0.811. The third kappa shape index (κ3) is 3.45. The first-order chi connectivity index (χ1) is 12.2. The number of phenolic OH excluding ortho intramolecular Hbond substituents is 1. The molecule has 0 radical (unpaired) electrons. The van der Waals surface area contributed by atoms with Gasteiger partial charge in [0.1, 0.15) is 11.5 Å². The Kier molecular flexibility index (Phi) is 4.53. The van der Waals surface area contributed by atoms with Gasteiger partial charge in [0.05, 0.1) is 11.1 Å². The van der Waals surface area contributed by atoms with E-state index in [4.69, 9.17) is 4.74 Å². The Labute approximate surface area is 154 Å². The monoisotopic (exact) mass is 351 g/mol. The topological polar surface area (TPSA) is 58.6 Å². The SMILES string of the molecule is Cc1cc(C2Oc3ccccc3C(=O)/C2=C\NC(C)(C)C)cc(C)c1O. The first-order valence-corrected chi connectivity index (χ1v) is 8.75. The van der Waals surface area contributed by atoms with Crippen LogP contribution in [0.1, 0.15) is 53.9 Å². The highest BCUT2D eigenvalue weighted by Crippen LogP contribution is 2.39. The van der Waals surface area contributed by atoms with Crippen molar-refractivity contribution >= 4 is 5.78 Å². The number of carbonyl (C=O) groups is 1. The van der Waals surface area contributed by atoms with E-state index >= 15 is 0 Å². The molecule has 26 heavy (non-hydrogen) atoms.